The molecule has 0 saturated carbocycles. The Hall–Kier alpha value is -4.80. The fourth-order valence-electron chi connectivity index (χ4n) is 3.64. The zero-order valence-electron chi connectivity index (χ0n) is 21.0. The van der Waals surface area contributed by atoms with E-state index >= 15 is 0 Å². The topological polar surface area (TPSA) is 147 Å². The predicted molar refractivity (Wildman–Crippen MR) is 164 cm³/mol. The van der Waals surface area contributed by atoms with E-state index in [0.717, 1.165) is 34.9 Å². The van der Waals surface area contributed by atoms with Gasteiger partial charge in [0.05, 0.1) is 34.2 Å². The van der Waals surface area contributed by atoms with Crippen molar-refractivity contribution in [1.29, 1.82) is 21.6 Å². The molecule has 0 fully saturated rings. The molecule has 40 heavy (non-hydrogen) atoms. The molecule has 0 saturated heterocycles. The first kappa shape index (κ1) is 26.8. The third kappa shape index (κ3) is 6.42. The molecule has 0 aliphatic heterocycles. The summed E-state index contributed by atoms with van der Waals surface area (Å²) in [4.78, 5) is 17.7. The van der Waals surface area contributed by atoms with Crippen molar-refractivity contribution in [2.75, 3.05) is 0 Å². The number of thioether (sulfide) groups is 2. The highest BCUT2D eigenvalue weighted by Gasteiger charge is 2.14. The SMILES string of the molecule is N=C(SC(=N)c1cccc(-c2ccccn2)n1)c1ccc(C(=N)SC(=N)c2cccc(-c3ccccn3)n2)cc1. The van der Waals surface area contributed by atoms with Crippen LogP contribution in [0.15, 0.2) is 109 Å². The molecule has 0 aliphatic carbocycles. The zero-order chi connectivity index (χ0) is 27.9. The Kier molecular flexibility index (Phi) is 8.29. The lowest BCUT2D eigenvalue weighted by Gasteiger charge is -2.09. The summed E-state index contributed by atoms with van der Waals surface area (Å²) in [5.74, 6) is 0. The number of benzene rings is 1. The van der Waals surface area contributed by atoms with E-state index in [1.165, 1.54) is 0 Å². The fourth-order valence-corrected chi connectivity index (χ4v) is 4.99. The average molecular weight is 559 g/mol. The van der Waals surface area contributed by atoms with Gasteiger partial charge in [-0.3, -0.25) is 31.6 Å². The number of pyridine rings is 4. The lowest BCUT2D eigenvalue weighted by molar-refractivity contribution is 1.23. The van der Waals surface area contributed by atoms with Gasteiger partial charge in [0, 0.05) is 23.5 Å². The first-order valence-electron chi connectivity index (χ1n) is 12.1. The maximum atomic E-state index is 8.50. The smallest absolute Gasteiger partial charge is 0.119 e. The molecule has 8 nitrogen and oxygen atoms in total. The van der Waals surface area contributed by atoms with E-state index in [9.17, 15) is 0 Å². The van der Waals surface area contributed by atoms with Gasteiger partial charge in [0.2, 0.25) is 0 Å². The predicted octanol–water partition coefficient (Wildman–Crippen LogP) is 6.77. The van der Waals surface area contributed by atoms with E-state index in [4.69, 9.17) is 21.6 Å². The van der Waals surface area contributed by atoms with E-state index in [0.29, 0.717) is 33.9 Å². The Balaban J connectivity index is 1.21. The Morgan fingerprint density at radius 1 is 0.425 bits per heavy atom. The lowest BCUT2D eigenvalue weighted by atomic mass is 10.1. The van der Waals surface area contributed by atoms with Crippen LogP contribution < -0.4 is 0 Å². The second kappa shape index (κ2) is 12.4. The number of hydrogen-bond acceptors (Lipinski definition) is 10. The Bertz CT molecular complexity index is 1580. The van der Waals surface area contributed by atoms with Gasteiger partial charge in [0.15, 0.2) is 0 Å². The van der Waals surface area contributed by atoms with E-state index in [1.807, 2.05) is 60.7 Å². The molecule has 0 spiro atoms. The quantitative estimate of drug-likeness (QED) is 0.134. The molecule has 4 heterocycles. The Morgan fingerprint density at radius 3 is 1.20 bits per heavy atom. The van der Waals surface area contributed by atoms with Crippen molar-refractivity contribution in [1.82, 2.24) is 19.9 Å². The molecule has 0 atom stereocenters. The molecule has 4 N–H and O–H groups in total. The fraction of sp³-hybridized carbons (Fsp3) is 0. The van der Waals surface area contributed by atoms with Crippen LogP contribution in [0.2, 0.25) is 0 Å². The number of hydrogen-bond donors (Lipinski definition) is 4. The minimum atomic E-state index is 0.157. The van der Waals surface area contributed by atoms with Crippen LogP contribution in [0.3, 0.4) is 0 Å². The van der Waals surface area contributed by atoms with Gasteiger partial charge >= 0.3 is 0 Å². The summed E-state index contributed by atoms with van der Waals surface area (Å²) in [6.07, 6.45) is 3.39. The molecule has 0 radical (unpaired) electrons. The third-order valence-corrected chi connectivity index (χ3v) is 7.34. The maximum absolute atomic E-state index is 8.50. The van der Waals surface area contributed by atoms with Gasteiger partial charge in [-0.2, -0.15) is 0 Å². The van der Waals surface area contributed by atoms with Gasteiger partial charge in [-0.1, -0.05) is 48.5 Å². The molecule has 0 aliphatic rings. The highest BCUT2D eigenvalue weighted by atomic mass is 32.2. The zero-order valence-corrected chi connectivity index (χ0v) is 22.6. The minimum absolute atomic E-state index is 0.157. The summed E-state index contributed by atoms with van der Waals surface area (Å²) in [7, 11) is 0. The van der Waals surface area contributed by atoms with Crippen molar-refractivity contribution in [2.45, 2.75) is 0 Å². The molecule has 194 valence electrons. The molecular formula is C30H22N8S2. The number of nitrogens with one attached hydrogen (secondary N) is 4. The van der Waals surface area contributed by atoms with Crippen molar-refractivity contribution < 1.29 is 0 Å². The molecule has 0 amide bonds. The summed E-state index contributed by atoms with van der Waals surface area (Å²) in [5.41, 5.74) is 4.95. The first-order chi connectivity index (χ1) is 19.5. The minimum Gasteiger partial charge on any atom is -0.293 e. The van der Waals surface area contributed by atoms with Crippen LogP contribution in [0.4, 0.5) is 0 Å². The molecule has 1 aromatic carbocycles. The molecule has 4 aromatic heterocycles. The van der Waals surface area contributed by atoms with Crippen LogP contribution in [0, 0.1) is 21.6 Å². The van der Waals surface area contributed by atoms with Crippen LogP contribution in [0.1, 0.15) is 22.5 Å². The normalized spacial score (nSPS) is 10.6. The monoisotopic (exact) mass is 558 g/mol. The van der Waals surface area contributed by atoms with Gasteiger partial charge in [0.25, 0.3) is 0 Å². The van der Waals surface area contributed by atoms with Crippen LogP contribution in [0.5, 0.6) is 0 Å². The molecule has 0 bridgehead atoms. The summed E-state index contributed by atoms with van der Waals surface area (Å²) in [6.45, 7) is 0. The molecule has 0 unspecified atom stereocenters. The number of nitrogens with zero attached hydrogens (tertiary/aromatic N) is 4. The van der Waals surface area contributed by atoms with Crippen molar-refractivity contribution in [3.63, 3.8) is 0 Å². The van der Waals surface area contributed by atoms with Gasteiger partial charge in [-0.25, -0.2) is 9.97 Å². The van der Waals surface area contributed by atoms with Crippen LogP contribution >= 0.6 is 23.5 Å². The van der Waals surface area contributed by atoms with Gasteiger partial charge < -0.3 is 0 Å². The Labute approximate surface area is 239 Å². The van der Waals surface area contributed by atoms with E-state index in [2.05, 4.69) is 19.9 Å². The summed E-state index contributed by atoms with van der Waals surface area (Å²) in [6, 6.07) is 29.0. The maximum Gasteiger partial charge on any atom is 0.119 e. The van der Waals surface area contributed by atoms with Crippen LogP contribution in [-0.2, 0) is 0 Å². The second-order valence-electron chi connectivity index (χ2n) is 8.34. The van der Waals surface area contributed by atoms with Crippen molar-refractivity contribution in [2.24, 2.45) is 0 Å². The molecule has 10 heteroatoms. The Morgan fingerprint density at radius 2 is 0.825 bits per heavy atom. The van der Waals surface area contributed by atoms with Crippen molar-refractivity contribution in [3.8, 4) is 22.8 Å². The largest absolute Gasteiger partial charge is 0.293 e. The molecule has 5 aromatic rings. The third-order valence-electron chi connectivity index (χ3n) is 5.64. The van der Waals surface area contributed by atoms with E-state index in [-0.39, 0.29) is 20.2 Å². The lowest BCUT2D eigenvalue weighted by Crippen LogP contribution is -2.06. The van der Waals surface area contributed by atoms with Gasteiger partial charge in [-0.15, -0.1) is 0 Å². The first-order valence-corrected chi connectivity index (χ1v) is 13.7. The van der Waals surface area contributed by atoms with Gasteiger partial charge in [-0.05, 0) is 72.1 Å². The van der Waals surface area contributed by atoms with Gasteiger partial charge in [0.1, 0.15) is 20.2 Å². The number of aromatic nitrogens is 4. The van der Waals surface area contributed by atoms with Crippen molar-refractivity contribution in [3.05, 3.63) is 132 Å². The summed E-state index contributed by atoms with van der Waals surface area (Å²) >= 11 is 2.02. The van der Waals surface area contributed by atoms with E-state index < -0.39 is 0 Å². The van der Waals surface area contributed by atoms with Crippen LogP contribution in [-0.4, -0.2) is 40.1 Å². The highest BCUT2D eigenvalue weighted by Crippen LogP contribution is 2.23. The summed E-state index contributed by atoms with van der Waals surface area (Å²) < 4.78 is 0. The van der Waals surface area contributed by atoms with E-state index in [1.54, 1.807) is 48.8 Å². The van der Waals surface area contributed by atoms with Crippen LogP contribution in [0.25, 0.3) is 22.8 Å². The standard InChI is InChI=1S/C30H22N8S2/c31-27(39-29(33)25-11-5-9-23(37-25)21-7-1-3-17-35-21)19-13-15-20(16-14-19)28(32)40-30(34)26-12-6-10-24(38-26)22-8-2-4-18-36-22/h1-18,31-34H. The molecule has 5 rings (SSSR count). The summed E-state index contributed by atoms with van der Waals surface area (Å²) in [5, 5.41) is 34.7. The number of rotatable bonds is 6. The molecular weight excluding hydrogens is 537 g/mol. The van der Waals surface area contributed by atoms with Crippen molar-refractivity contribution >= 4 is 43.7 Å². The second-order valence-corrected chi connectivity index (χ2v) is 10.4. The highest BCUT2D eigenvalue weighted by molar-refractivity contribution is 8.27. The average Bonchev–Trinajstić information content (AvgIpc) is 3.02.